The smallest absolute Gasteiger partial charge is 0.316 e. The van der Waals surface area contributed by atoms with Crippen LogP contribution < -0.4 is 27.0 Å². The van der Waals surface area contributed by atoms with E-state index in [1.807, 2.05) is 24.4 Å². The number of rotatable bonds is 1. The standard InChI is InChI=1S/C18H16ClN7O.C4H9N/c19-14-9-22-18-24-13-5-10(7-21-8-13)1-2-11-6-12(23-16(14)26-18)3-4-15(11)25-17(20)27;1-2-4-5-3-1/h3-9H,1-2H2,(H3,20,25,27)(H2,22,23,24,26);5H,1-4H2. The highest BCUT2D eigenvalue weighted by molar-refractivity contribution is 6.32. The molecule has 1 fully saturated rings. The molecular weight excluding hydrogens is 428 g/mol. The molecule has 0 aliphatic carbocycles. The maximum Gasteiger partial charge on any atom is 0.316 e. The fourth-order valence-electron chi connectivity index (χ4n) is 3.51. The van der Waals surface area contributed by atoms with Gasteiger partial charge >= 0.3 is 6.03 Å². The van der Waals surface area contributed by atoms with Crippen molar-refractivity contribution in [3.63, 3.8) is 0 Å². The number of nitrogens with two attached hydrogens (primary N) is 1. The monoisotopic (exact) mass is 452 g/mol. The quantitative estimate of drug-likeness (QED) is 0.377. The van der Waals surface area contributed by atoms with Crippen molar-refractivity contribution < 1.29 is 4.79 Å². The highest BCUT2D eigenvalue weighted by Crippen LogP contribution is 2.29. The number of amides is 2. The van der Waals surface area contributed by atoms with Gasteiger partial charge in [0.1, 0.15) is 5.02 Å². The molecule has 4 heterocycles. The fourth-order valence-corrected chi connectivity index (χ4v) is 3.65. The van der Waals surface area contributed by atoms with Crippen LogP contribution in [0.3, 0.4) is 0 Å². The fraction of sp³-hybridized carbons (Fsp3) is 0.273. The van der Waals surface area contributed by atoms with Crippen LogP contribution in [0, 0.1) is 0 Å². The third kappa shape index (κ3) is 5.83. The molecule has 6 N–H and O–H groups in total. The third-order valence-electron chi connectivity index (χ3n) is 5.06. The molecular formula is C22H25ClN8O. The van der Waals surface area contributed by atoms with Gasteiger partial charge in [0, 0.05) is 17.6 Å². The van der Waals surface area contributed by atoms with Gasteiger partial charge < -0.3 is 27.0 Å². The van der Waals surface area contributed by atoms with Gasteiger partial charge in [0.05, 0.1) is 18.1 Å². The predicted octanol–water partition coefficient (Wildman–Crippen LogP) is 3.97. The molecule has 0 atom stereocenters. The van der Waals surface area contributed by atoms with E-state index in [9.17, 15) is 4.79 Å². The normalized spacial score (nSPS) is 14.3. The van der Waals surface area contributed by atoms with Gasteiger partial charge in [0.25, 0.3) is 0 Å². The molecule has 32 heavy (non-hydrogen) atoms. The number of benzene rings is 1. The summed E-state index contributed by atoms with van der Waals surface area (Å²) in [6, 6.07) is 6.94. The third-order valence-corrected chi connectivity index (χ3v) is 5.34. The van der Waals surface area contributed by atoms with Crippen LogP contribution in [0.15, 0.2) is 42.9 Å². The van der Waals surface area contributed by atoms with E-state index in [0.29, 0.717) is 28.9 Å². The molecule has 9 nitrogen and oxygen atoms in total. The van der Waals surface area contributed by atoms with Crippen molar-refractivity contribution in [1.29, 1.82) is 0 Å². The van der Waals surface area contributed by atoms with Crippen LogP contribution in [-0.4, -0.2) is 34.1 Å². The van der Waals surface area contributed by atoms with E-state index >= 15 is 0 Å². The van der Waals surface area contributed by atoms with Gasteiger partial charge in [-0.3, -0.25) is 4.98 Å². The second-order valence-corrected chi connectivity index (χ2v) is 7.95. The molecule has 2 aliphatic heterocycles. The van der Waals surface area contributed by atoms with Crippen molar-refractivity contribution in [1.82, 2.24) is 20.3 Å². The van der Waals surface area contributed by atoms with Gasteiger partial charge in [0.2, 0.25) is 5.95 Å². The molecule has 0 saturated carbocycles. The van der Waals surface area contributed by atoms with Crippen LogP contribution in [0.5, 0.6) is 0 Å². The highest BCUT2D eigenvalue weighted by atomic mass is 35.5. The number of fused-ring (bicyclic) bond motifs is 6. The topological polar surface area (TPSA) is 130 Å². The van der Waals surface area contributed by atoms with E-state index < -0.39 is 6.03 Å². The predicted molar refractivity (Wildman–Crippen MR) is 127 cm³/mol. The Bertz CT molecular complexity index is 1100. The summed E-state index contributed by atoms with van der Waals surface area (Å²) in [6.07, 6.45) is 9.24. The summed E-state index contributed by atoms with van der Waals surface area (Å²) in [5.74, 6) is 0.881. The van der Waals surface area contributed by atoms with Crippen molar-refractivity contribution in [2.45, 2.75) is 25.7 Å². The largest absolute Gasteiger partial charge is 0.351 e. The lowest BCUT2D eigenvalue weighted by molar-refractivity contribution is 0.259. The van der Waals surface area contributed by atoms with Crippen molar-refractivity contribution in [3.8, 4) is 0 Å². The van der Waals surface area contributed by atoms with Crippen LogP contribution in [0.4, 0.5) is 33.6 Å². The summed E-state index contributed by atoms with van der Waals surface area (Å²) in [5.41, 5.74) is 9.50. The summed E-state index contributed by atoms with van der Waals surface area (Å²) in [7, 11) is 0. The number of urea groups is 1. The molecule has 2 amide bonds. The summed E-state index contributed by atoms with van der Waals surface area (Å²) in [4.78, 5) is 24.2. The second kappa shape index (κ2) is 10.3. The number of carbonyl (C=O) groups excluding carboxylic acids is 1. The maximum atomic E-state index is 11.3. The lowest BCUT2D eigenvalue weighted by Gasteiger charge is -2.13. The van der Waals surface area contributed by atoms with Crippen LogP contribution in [0.1, 0.15) is 24.0 Å². The Kier molecular flexibility index (Phi) is 6.98. The molecule has 2 aromatic heterocycles. The minimum absolute atomic E-state index is 0.392. The molecule has 3 aromatic rings. The van der Waals surface area contributed by atoms with Crippen LogP contribution in [0.2, 0.25) is 5.02 Å². The number of pyridine rings is 1. The van der Waals surface area contributed by atoms with Crippen molar-refractivity contribution >= 4 is 46.5 Å². The summed E-state index contributed by atoms with van der Waals surface area (Å²) in [6.45, 7) is 2.50. The average molecular weight is 453 g/mol. The van der Waals surface area contributed by atoms with Gasteiger partial charge in [0.15, 0.2) is 5.82 Å². The Morgan fingerprint density at radius 3 is 2.62 bits per heavy atom. The van der Waals surface area contributed by atoms with Crippen LogP contribution >= 0.6 is 11.6 Å². The number of anilines is 5. The van der Waals surface area contributed by atoms with Crippen molar-refractivity contribution in [2.24, 2.45) is 5.73 Å². The second-order valence-electron chi connectivity index (χ2n) is 7.54. The molecule has 1 saturated heterocycles. The molecule has 5 rings (SSSR count). The number of hydrogen-bond acceptors (Lipinski definition) is 7. The Morgan fingerprint density at radius 2 is 1.88 bits per heavy atom. The van der Waals surface area contributed by atoms with Gasteiger partial charge in [-0.2, -0.15) is 4.98 Å². The first kappa shape index (κ1) is 21.8. The number of hydrogen-bond donors (Lipinski definition) is 5. The number of nitrogens with zero attached hydrogens (tertiary/aromatic N) is 3. The number of nitrogens with one attached hydrogen (secondary N) is 4. The summed E-state index contributed by atoms with van der Waals surface area (Å²) < 4.78 is 0. The zero-order chi connectivity index (χ0) is 22.3. The van der Waals surface area contributed by atoms with Gasteiger partial charge in [-0.25, -0.2) is 9.78 Å². The Labute approximate surface area is 191 Å². The molecule has 6 bridgehead atoms. The highest BCUT2D eigenvalue weighted by Gasteiger charge is 2.12. The van der Waals surface area contributed by atoms with Gasteiger partial charge in [-0.05, 0) is 74.2 Å². The van der Waals surface area contributed by atoms with Crippen LogP contribution in [-0.2, 0) is 12.8 Å². The molecule has 2 aliphatic rings. The van der Waals surface area contributed by atoms with Crippen molar-refractivity contribution in [3.05, 3.63) is 59.0 Å². The SMILES string of the molecule is C1CCNC1.NC(=O)Nc1ccc2cc1CCc1cncc(c1)Nc1ncc(Cl)c(n1)N2. The van der Waals surface area contributed by atoms with E-state index in [2.05, 4.69) is 36.2 Å². The first-order valence-electron chi connectivity index (χ1n) is 10.5. The van der Waals surface area contributed by atoms with E-state index in [-0.39, 0.29) is 0 Å². The van der Waals surface area contributed by atoms with E-state index in [0.717, 1.165) is 28.9 Å². The first-order chi connectivity index (χ1) is 15.6. The van der Waals surface area contributed by atoms with Crippen LogP contribution in [0.25, 0.3) is 0 Å². The Balaban J connectivity index is 0.000000433. The van der Waals surface area contributed by atoms with E-state index in [1.165, 1.54) is 32.1 Å². The van der Waals surface area contributed by atoms with Crippen molar-refractivity contribution in [2.75, 3.05) is 29.0 Å². The summed E-state index contributed by atoms with van der Waals surface area (Å²) in [5, 5.41) is 12.6. The molecule has 0 unspecified atom stereocenters. The lowest BCUT2D eigenvalue weighted by Crippen LogP contribution is -2.20. The van der Waals surface area contributed by atoms with E-state index in [1.54, 1.807) is 12.3 Å². The molecule has 0 spiro atoms. The minimum atomic E-state index is -0.605. The maximum absolute atomic E-state index is 11.3. The zero-order valence-electron chi connectivity index (χ0n) is 17.5. The Hall–Kier alpha value is -3.43. The molecule has 10 heteroatoms. The van der Waals surface area contributed by atoms with Gasteiger partial charge in [-0.1, -0.05) is 11.6 Å². The molecule has 0 radical (unpaired) electrons. The molecule has 1 aromatic carbocycles. The number of carbonyl (C=O) groups is 1. The summed E-state index contributed by atoms with van der Waals surface area (Å²) >= 11 is 6.23. The van der Waals surface area contributed by atoms with Gasteiger partial charge in [-0.15, -0.1) is 0 Å². The number of aryl methyl sites for hydroxylation is 2. The number of halogens is 1. The Morgan fingerprint density at radius 1 is 1.03 bits per heavy atom. The zero-order valence-corrected chi connectivity index (χ0v) is 18.2. The molecule has 166 valence electrons. The lowest BCUT2D eigenvalue weighted by atomic mass is 10.0. The minimum Gasteiger partial charge on any atom is -0.351 e. The number of aromatic nitrogens is 3. The van der Waals surface area contributed by atoms with E-state index in [4.69, 9.17) is 17.3 Å². The average Bonchev–Trinajstić information content (AvgIpc) is 3.36. The number of primary amides is 1. The first-order valence-corrected chi connectivity index (χ1v) is 10.9.